The van der Waals surface area contributed by atoms with Crippen LogP contribution in [0.2, 0.25) is 0 Å². The van der Waals surface area contributed by atoms with Crippen molar-refractivity contribution in [2.24, 2.45) is 0 Å². The molecule has 76 valence electrons. The molecule has 1 heterocycles. The van der Waals surface area contributed by atoms with Gasteiger partial charge in [-0.2, -0.15) is 0 Å². The zero-order valence-electron chi connectivity index (χ0n) is 9.14. The summed E-state index contributed by atoms with van der Waals surface area (Å²) in [5.41, 5.74) is 1.40. The maximum atomic E-state index is 3.47. The molecule has 1 atom stereocenters. The van der Waals surface area contributed by atoms with Crippen molar-refractivity contribution in [1.82, 2.24) is 10.2 Å². The molecule has 1 rings (SSSR count). The molecule has 1 fully saturated rings. The maximum absolute atomic E-state index is 3.47. The molecule has 1 unspecified atom stereocenters. The van der Waals surface area contributed by atoms with E-state index in [2.05, 4.69) is 37.2 Å². The molecule has 0 bridgehead atoms. The zero-order valence-corrected chi connectivity index (χ0v) is 9.14. The van der Waals surface area contributed by atoms with Crippen molar-refractivity contribution in [3.8, 4) is 0 Å². The lowest BCUT2D eigenvalue weighted by Gasteiger charge is -2.19. The number of hydrogen-bond acceptors (Lipinski definition) is 2. The summed E-state index contributed by atoms with van der Waals surface area (Å²) in [5.74, 6) is 0. The van der Waals surface area contributed by atoms with Gasteiger partial charge in [0.1, 0.15) is 0 Å². The van der Waals surface area contributed by atoms with E-state index in [9.17, 15) is 0 Å². The molecule has 0 radical (unpaired) electrons. The van der Waals surface area contributed by atoms with Gasteiger partial charge in [0.15, 0.2) is 0 Å². The van der Waals surface area contributed by atoms with Gasteiger partial charge in [0.2, 0.25) is 0 Å². The molecule has 13 heavy (non-hydrogen) atoms. The van der Waals surface area contributed by atoms with Crippen LogP contribution in [-0.2, 0) is 0 Å². The van der Waals surface area contributed by atoms with Crippen LogP contribution >= 0.6 is 0 Å². The van der Waals surface area contributed by atoms with Crippen molar-refractivity contribution in [2.75, 3.05) is 26.7 Å². The van der Waals surface area contributed by atoms with Crippen LogP contribution < -0.4 is 5.32 Å². The van der Waals surface area contributed by atoms with Crippen molar-refractivity contribution in [2.45, 2.75) is 32.7 Å². The quantitative estimate of drug-likeness (QED) is 0.525. The molecule has 1 aliphatic rings. The summed E-state index contributed by atoms with van der Waals surface area (Å²) < 4.78 is 0. The minimum atomic E-state index is 0.769. The topological polar surface area (TPSA) is 15.3 Å². The van der Waals surface area contributed by atoms with Gasteiger partial charge in [-0.25, -0.2) is 0 Å². The minimum absolute atomic E-state index is 0.769. The van der Waals surface area contributed by atoms with E-state index in [4.69, 9.17) is 0 Å². The molecule has 0 saturated carbocycles. The highest BCUT2D eigenvalue weighted by Crippen LogP contribution is 2.13. The average Bonchev–Trinajstić information content (AvgIpc) is 2.45. The molecule has 0 aromatic rings. The molecular weight excluding hydrogens is 160 g/mol. The van der Waals surface area contributed by atoms with Crippen molar-refractivity contribution < 1.29 is 0 Å². The van der Waals surface area contributed by atoms with Gasteiger partial charge in [-0.1, -0.05) is 11.6 Å². The molecule has 0 aliphatic carbocycles. The number of allylic oxidation sites excluding steroid dienone is 1. The normalized spacial score (nSPS) is 23.5. The Morgan fingerprint density at radius 2 is 2.31 bits per heavy atom. The van der Waals surface area contributed by atoms with E-state index in [1.807, 2.05) is 0 Å². The molecule has 1 saturated heterocycles. The van der Waals surface area contributed by atoms with E-state index in [1.165, 1.54) is 25.0 Å². The summed E-state index contributed by atoms with van der Waals surface area (Å²) in [4.78, 5) is 2.45. The van der Waals surface area contributed by atoms with Crippen LogP contribution in [0.3, 0.4) is 0 Å². The molecule has 0 aromatic heterocycles. The summed E-state index contributed by atoms with van der Waals surface area (Å²) in [7, 11) is 2.22. The Morgan fingerprint density at radius 1 is 1.54 bits per heavy atom. The van der Waals surface area contributed by atoms with Gasteiger partial charge >= 0.3 is 0 Å². The second-order valence-electron chi connectivity index (χ2n) is 4.22. The Morgan fingerprint density at radius 3 is 2.85 bits per heavy atom. The highest BCUT2D eigenvalue weighted by Gasteiger charge is 2.19. The Labute approximate surface area is 82.0 Å². The number of rotatable bonds is 4. The summed E-state index contributed by atoms with van der Waals surface area (Å²) >= 11 is 0. The second-order valence-corrected chi connectivity index (χ2v) is 4.22. The highest BCUT2D eigenvalue weighted by molar-refractivity contribution is 4.94. The number of likely N-dealkylation sites (tertiary alicyclic amines) is 1. The Kier molecular flexibility index (Phi) is 4.46. The predicted octanol–water partition coefficient (Wildman–Crippen LogP) is 1.64. The SMILES string of the molecule is CC(C)=CCNCC1CCCN1C. The number of hydrogen-bond donors (Lipinski definition) is 1. The monoisotopic (exact) mass is 182 g/mol. The molecule has 0 aromatic carbocycles. The highest BCUT2D eigenvalue weighted by atomic mass is 15.2. The second kappa shape index (κ2) is 5.40. The molecule has 0 amide bonds. The van der Waals surface area contributed by atoms with E-state index in [-0.39, 0.29) is 0 Å². The van der Waals surface area contributed by atoms with E-state index < -0.39 is 0 Å². The first kappa shape index (κ1) is 10.7. The number of nitrogens with one attached hydrogen (secondary N) is 1. The van der Waals surface area contributed by atoms with Crippen LogP contribution in [0.5, 0.6) is 0 Å². The first-order valence-electron chi connectivity index (χ1n) is 5.24. The van der Waals surface area contributed by atoms with Crippen LogP contribution in [0.15, 0.2) is 11.6 Å². The third kappa shape index (κ3) is 3.92. The standard InChI is InChI=1S/C11H22N2/c1-10(2)6-7-12-9-11-5-4-8-13(11)3/h6,11-12H,4-5,7-9H2,1-3H3. The number of likely N-dealkylation sites (N-methyl/N-ethyl adjacent to an activating group) is 1. The first-order chi connectivity index (χ1) is 6.20. The van der Waals surface area contributed by atoms with Crippen LogP contribution in [0.25, 0.3) is 0 Å². The predicted molar refractivity (Wildman–Crippen MR) is 58.0 cm³/mol. The molecule has 1 N–H and O–H groups in total. The third-order valence-corrected chi connectivity index (χ3v) is 2.71. The van der Waals surface area contributed by atoms with Gasteiger partial charge in [-0.3, -0.25) is 0 Å². The van der Waals surface area contributed by atoms with Gasteiger partial charge in [0, 0.05) is 19.1 Å². The van der Waals surface area contributed by atoms with Gasteiger partial charge in [-0.05, 0) is 40.3 Å². The fraction of sp³-hybridized carbons (Fsp3) is 0.818. The largest absolute Gasteiger partial charge is 0.312 e. The maximum Gasteiger partial charge on any atom is 0.0218 e. The lowest BCUT2D eigenvalue weighted by molar-refractivity contribution is 0.303. The molecule has 2 nitrogen and oxygen atoms in total. The van der Waals surface area contributed by atoms with Crippen molar-refractivity contribution >= 4 is 0 Å². The summed E-state index contributed by atoms with van der Waals surface area (Å²) in [6.45, 7) is 7.72. The Bertz CT molecular complexity index is 171. The molecular formula is C11H22N2. The van der Waals surface area contributed by atoms with Crippen molar-refractivity contribution in [1.29, 1.82) is 0 Å². The fourth-order valence-electron chi connectivity index (χ4n) is 1.76. The van der Waals surface area contributed by atoms with E-state index in [1.54, 1.807) is 0 Å². The van der Waals surface area contributed by atoms with Crippen LogP contribution in [0.4, 0.5) is 0 Å². The zero-order chi connectivity index (χ0) is 9.68. The van der Waals surface area contributed by atoms with E-state index in [0.717, 1.165) is 19.1 Å². The number of nitrogens with zero attached hydrogens (tertiary/aromatic N) is 1. The Hall–Kier alpha value is -0.340. The van der Waals surface area contributed by atoms with Crippen molar-refractivity contribution in [3.05, 3.63) is 11.6 Å². The molecule has 1 aliphatic heterocycles. The Balaban J connectivity index is 2.09. The fourth-order valence-corrected chi connectivity index (χ4v) is 1.76. The first-order valence-corrected chi connectivity index (χ1v) is 5.24. The van der Waals surface area contributed by atoms with Crippen LogP contribution in [0.1, 0.15) is 26.7 Å². The van der Waals surface area contributed by atoms with Gasteiger partial charge in [0.25, 0.3) is 0 Å². The van der Waals surface area contributed by atoms with E-state index in [0.29, 0.717) is 0 Å². The molecule has 0 spiro atoms. The lowest BCUT2D eigenvalue weighted by Crippen LogP contribution is -2.35. The van der Waals surface area contributed by atoms with Crippen molar-refractivity contribution in [3.63, 3.8) is 0 Å². The lowest BCUT2D eigenvalue weighted by atomic mass is 10.2. The summed E-state index contributed by atoms with van der Waals surface area (Å²) in [6, 6.07) is 0.769. The smallest absolute Gasteiger partial charge is 0.0218 e. The summed E-state index contributed by atoms with van der Waals surface area (Å²) in [5, 5.41) is 3.47. The van der Waals surface area contributed by atoms with Crippen LogP contribution in [-0.4, -0.2) is 37.6 Å². The molecule has 2 heteroatoms. The minimum Gasteiger partial charge on any atom is -0.312 e. The third-order valence-electron chi connectivity index (χ3n) is 2.71. The van der Waals surface area contributed by atoms with Gasteiger partial charge < -0.3 is 10.2 Å². The van der Waals surface area contributed by atoms with Gasteiger partial charge in [-0.15, -0.1) is 0 Å². The van der Waals surface area contributed by atoms with Crippen LogP contribution in [0, 0.1) is 0 Å². The summed E-state index contributed by atoms with van der Waals surface area (Å²) in [6.07, 6.45) is 4.97. The van der Waals surface area contributed by atoms with Gasteiger partial charge in [0.05, 0.1) is 0 Å². The average molecular weight is 182 g/mol. The van der Waals surface area contributed by atoms with E-state index >= 15 is 0 Å².